The zero-order valence-electron chi connectivity index (χ0n) is 12.3. The summed E-state index contributed by atoms with van der Waals surface area (Å²) in [6.45, 7) is 4.92. The highest BCUT2D eigenvalue weighted by Gasteiger charge is 2.15. The van der Waals surface area contributed by atoms with E-state index in [1.54, 1.807) is 7.11 Å². The number of nitrogens with one attached hydrogen (secondary N) is 1. The zero-order chi connectivity index (χ0) is 15.0. The molecule has 112 valence electrons. The Kier molecular flexibility index (Phi) is 6.87. The van der Waals surface area contributed by atoms with Crippen molar-refractivity contribution in [1.29, 1.82) is 0 Å². The van der Waals surface area contributed by atoms with Crippen molar-refractivity contribution in [3.63, 3.8) is 0 Å². The molecule has 1 aromatic rings. The number of ether oxygens (including phenoxy) is 2. The van der Waals surface area contributed by atoms with Crippen molar-refractivity contribution in [2.75, 3.05) is 13.7 Å². The first-order valence-electron chi connectivity index (χ1n) is 6.88. The summed E-state index contributed by atoms with van der Waals surface area (Å²) >= 11 is 0. The molecule has 1 rings (SSSR count). The van der Waals surface area contributed by atoms with Gasteiger partial charge < -0.3 is 19.9 Å². The number of hydrogen-bond donors (Lipinski definition) is 2. The lowest BCUT2D eigenvalue weighted by Gasteiger charge is -2.15. The molecule has 0 aromatic heterocycles. The predicted molar refractivity (Wildman–Crippen MR) is 77.3 cm³/mol. The molecule has 1 atom stereocenters. The van der Waals surface area contributed by atoms with E-state index in [-0.39, 0.29) is 0 Å². The average Bonchev–Trinajstić information content (AvgIpc) is 2.43. The summed E-state index contributed by atoms with van der Waals surface area (Å²) in [5.74, 6) is 0.543. The molecule has 0 aliphatic carbocycles. The summed E-state index contributed by atoms with van der Waals surface area (Å²) in [6, 6.07) is 5.09. The van der Waals surface area contributed by atoms with Crippen LogP contribution in [0.4, 0.5) is 0 Å². The standard InChI is InChI=1S/C15H23NO4/c1-4-6-12(15(17)18)16-10-11-7-8-13(19-3)14(9-11)20-5-2/h7-9,12,16H,4-6,10H2,1-3H3,(H,17,18). The van der Waals surface area contributed by atoms with E-state index in [2.05, 4.69) is 5.32 Å². The van der Waals surface area contributed by atoms with Crippen molar-refractivity contribution in [3.8, 4) is 11.5 Å². The first kappa shape index (κ1) is 16.3. The molecule has 0 bridgehead atoms. The monoisotopic (exact) mass is 281 g/mol. The third-order valence-corrected chi connectivity index (χ3v) is 2.96. The first-order valence-corrected chi connectivity index (χ1v) is 6.88. The summed E-state index contributed by atoms with van der Waals surface area (Å²) in [4.78, 5) is 11.1. The van der Waals surface area contributed by atoms with Gasteiger partial charge in [-0.25, -0.2) is 0 Å². The minimum Gasteiger partial charge on any atom is -0.493 e. The van der Waals surface area contributed by atoms with Crippen LogP contribution in [0, 0.1) is 0 Å². The van der Waals surface area contributed by atoms with Crippen LogP contribution in [0.2, 0.25) is 0 Å². The third-order valence-electron chi connectivity index (χ3n) is 2.96. The van der Waals surface area contributed by atoms with Crippen LogP contribution >= 0.6 is 0 Å². The quantitative estimate of drug-likeness (QED) is 0.727. The molecule has 1 aromatic carbocycles. The summed E-state index contributed by atoms with van der Waals surface area (Å²) in [5.41, 5.74) is 0.969. The van der Waals surface area contributed by atoms with Gasteiger partial charge in [-0.05, 0) is 31.0 Å². The van der Waals surface area contributed by atoms with E-state index in [0.29, 0.717) is 31.1 Å². The SMILES string of the molecule is CCCC(NCc1ccc(OC)c(OCC)c1)C(=O)O. The Morgan fingerprint density at radius 3 is 2.65 bits per heavy atom. The second-order valence-corrected chi connectivity index (χ2v) is 4.48. The number of carboxylic acid groups (broad SMARTS) is 1. The lowest BCUT2D eigenvalue weighted by molar-refractivity contribution is -0.139. The van der Waals surface area contributed by atoms with Gasteiger partial charge in [0.2, 0.25) is 0 Å². The highest BCUT2D eigenvalue weighted by molar-refractivity contribution is 5.73. The fourth-order valence-electron chi connectivity index (χ4n) is 1.94. The van der Waals surface area contributed by atoms with E-state index >= 15 is 0 Å². The van der Waals surface area contributed by atoms with E-state index in [0.717, 1.165) is 12.0 Å². The topological polar surface area (TPSA) is 67.8 Å². The number of rotatable bonds is 9. The summed E-state index contributed by atoms with van der Waals surface area (Å²) in [6.07, 6.45) is 1.45. The highest BCUT2D eigenvalue weighted by atomic mass is 16.5. The minimum absolute atomic E-state index is 0.487. The number of carboxylic acids is 1. The number of hydrogen-bond acceptors (Lipinski definition) is 4. The summed E-state index contributed by atoms with van der Waals surface area (Å²) in [7, 11) is 1.59. The Bertz CT molecular complexity index is 434. The molecule has 1 unspecified atom stereocenters. The van der Waals surface area contributed by atoms with E-state index in [4.69, 9.17) is 14.6 Å². The Morgan fingerprint density at radius 2 is 2.10 bits per heavy atom. The van der Waals surface area contributed by atoms with Gasteiger partial charge in [0.15, 0.2) is 11.5 Å². The van der Waals surface area contributed by atoms with Crippen molar-refractivity contribution in [2.45, 2.75) is 39.3 Å². The Labute approximate surface area is 119 Å². The van der Waals surface area contributed by atoms with Crippen LogP contribution in [0.25, 0.3) is 0 Å². The van der Waals surface area contributed by atoms with Gasteiger partial charge in [0.05, 0.1) is 13.7 Å². The average molecular weight is 281 g/mol. The predicted octanol–water partition coefficient (Wildman–Crippen LogP) is 2.44. The van der Waals surface area contributed by atoms with Crippen molar-refractivity contribution in [2.24, 2.45) is 0 Å². The maximum atomic E-state index is 11.1. The molecule has 0 aliphatic rings. The Hall–Kier alpha value is -1.75. The third kappa shape index (κ3) is 4.74. The fraction of sp³-hybridized carbons (Fsp3) is 0.533. The molecule has 0 saturated heterocycles. The van der Waals surface area contributed by atoms with Crippen LogP contribution in [0.3, 0.4) is 0 Å². The van der Waals surface area contributed by atoms with Crippen molar-refractivity contribution < 1.29 is 19.4 Å². The van der Waals surface area contributed by atoms with Gasteiger partial charge in [0, 0.05) is 6.54 Å². The van der Waals surface area contributed by atoms with E-state index in [1.807, 2.05) is 32.0 Å². The van der Waals surface area contributed by atoms with Gasteiger partial charge in [-0.15, -0.1) is 0 Å². The smallest absolute Gasteiger partial charge is 0.320 e. The molecule has 0 heterocycles. The molecular formula is C15H23NO4. The number of aliphatic carboxylic acids is 1. The van der Waals surface area contributed by atoms with Gasteiger partial charge in [-0.1, -0.05) is 19.4 Å². The maximum absolute atomic E-state index is 11.1. The molecule has 0 radical (unpaired) electrons. The highest BCUT2D eigenvalue weighted by Crippen LogP contribution is 2.28. The molecular weight excluding hydrogens is 258 g/mol. The first-order chi connectivity index (χ1) is 9.62. The fourth-order valence-corrected chi connectivity index (χ4v) is 1.94. The molecule has 0 aliphatic heterocycles. The number of methoxy groups -OCH3 is 1. The Balaban J connectivity index is 2.72. The molecule has 20 heavy (non-hydrogen) atoms. The lowest BCUT2D eigenvalue weighted by atomic mass is 10.1. The van der Waals surface area contributed by atoms with E-state index in [9.17, 15) is 4.79 Å². The normalized spacial score (nSPS) is 11.9. The molecule has 0 fully saturated rings. The zero-order valence-corrected chi connectivity index (χ0v) is 12.3. The molecule has 0 saturated carbocycles. The van der Waals surface area contributed by atoms with Crippen LogP contribution in [0.5, 0.6) is 11.5 Å². The van der Waals surface area contributed by atoms with Crippen LogP contribution < -0.4 is 14.8 Å². The van der Waals surface area contributed by atoms with Crippen molar-refractivity contribution in [3.05, 3.63) is 23.8 Å². The summed E-state index contributed by atoms with van der Waals surface area (Å²) in [5, 5.41) is 12.1. The lowest BCUT2D eigenvalue weighted by Crippen LogP contribution is -2.35. The molecule has 2 N–H and O–H groups in total. The van der Waals surface area contributed by atoms with Gasteiger partial charge in [-0.3, -0.25) is 4.79 Å². The minimum atomic E-state index is -0.814. The van der Waals surface area contributed by atoms with Gasteiger partial charge in [0.1, 0.15) is 6.04 Å². The van der Waals surface area contributed by atoms with E-state index in [1.165, 1.54) is 0 Å². The molecule has 5 nitrogen and oxygen atoms in total. The molecule has 0 spiro atoms. The molecule has 0 amide bonds. The van der Waals surface area contributed by atoms with Gasteiger partial charge >= 0.3 is 5.97 Å². The van der Waals surface area contributed by atoms with Crippen LogP contribution in [-0.4, -0.2) is 30.8 Å². The van der Waals surface area contributed by atoms with Crippen LogP contribution in [-0.2, 0) is 11.3 Å². The largest absolute Gasteiger partial charge is 0.493 e. The molecule has 5 heteroatoms. The second-order valence-electron chi connectivity index (χ2n) is 4.48. The Morgan fingerprint density at radius 1 is 1.35 bits per heavy atom. The van der Waals surface area contributed by atoms with Crippen LogP contribution in [0.15, 0.2) is 18.2 Å². The van der Waals surface area contributed by atoms with Crippen LogP contribution in [0.1, 0.15) is 32.3 Å². The van der Waals surface area contributed by atoms with Gasteiger partial charge in [0.25, 0.3) is 0 Å². The number of benzene rings is 1. The van der Waals surface area contributed by atoms with Crippen molar-refractivity contribution in [1.82, 2.24) is 5.32 Å². The van der Waals surface area contributed by atoms with E-state index < -0.39 is 12.0 Å². The number of carbonyl (C=O) groups is 1. The summed E-state index contributed by atoms with van der Waals surface area (Å²) < 4.78 is 10.7. The van der Waals surface area contributed by atoms with Gasteiger partial charge in [-0.2, -0.15) is 0 Å². The van der Waals surface area contributed by atoms with Crippen molar-refractivity contribution >= 4 is 5.97 Å². The maximum Gasteiger partial charge on any atom is 0.320 e. The second kappa shape index (κ2) is 8.43.